The van der Waals surface area contributed by atoms with Crippen molar-refractivity contribution in [2.24, 2.45) is 0 Å². The average molecular weight is 431 g/mol. The first-order chi connectivity index (χ1) is 15.8. The van der Waals surface area contributed by atoms with Gasteiger partial charge in [-0.2, -0.15) is 0 Å². The molecular formula is C24H25N5O3. The number of piperazine rings is 1. The lowest BCUT2D eigenvalue weighted by molar-refractivity contribution is 0.191. The molecule has 0 radical (unpaired) electrons. The number of nitrogens with zero attached hydrogens (tertiary/aromatic N) is 4. The maximum absolute atomic E-state index is 5.91. The molecule has 0 amide bonds. The average Bonchev–Trinajstić information content (AvgIpc) is 3.28. The molecule has 0 bridgehead atoms. The lowest BCUT2D eigenvalue weighted by atomic mass is 10.3. The highest BCUT2D eigenvalue weighted by atomic mass is 16.5. The summed E-state index contributed by atoms with van der Waals surface area (Å²) in [7, 11) is 0. The van der Waals surface area contributed by atoms with Crippen molar-refractivity contribution < 1.29 is 13.9 Å². The molecule has 0 atom stereocenters. The van der Waals surface area contributed by atoms with Crippen LogP contribution in [0, 0.1) is 0 Å². The van der Waals surface area contributed by atoms with Gasteiger partial charge in [0.2, 0.25) is 5.89 Å². The molecule has 1 aromatic carbocycles. The summed E-state index contributed by atoms with van der Waals surface area (Å²) in [4.78, 5) is 15.5. The van der Waals surface area contributed by atoms with Gasteiger partial charge in [0.05, 0.1) is 17.5 Å². The van der Waals surface area contributed by atoms with Gasteiger partial charge in [0.15, 0.2) is 5.58 Å². The van der Waals surface area contributed by atoms with Gasteiger partial charge < -0.3 is 19.2 Å². The summed E-state index contributed by atoms with van der Waals surface area (Å²) in [5.41, 5.74) is 3.11. The standard InChI is InChI=1S/C24H25N5O3/c1-2-18(15-26-7-1)24-28-22-14-20(5-6-23(22)32-24)31-17-19-3-4-21(16-27-19)30-13-12-29-10-8-25-9-11-29/h1-7,14-16,25H,8-13,17H2. The molecule has 1 N–H and O–H groups in total. The molecule has 4 aromatic rings. The van der Waals surface area contributed by atoms with E-state index >= 15 is 0 Å². The van der Waals surface area contributed by atoms with Crippen molar-refractivity contribution in [3.8, 4) is 23.0 Å². The molecule has 8 nitrogen and oxygen atoms in total. The Morgan fingerprint density at radius 3 is 2.72 bits per heavy atom. The van der Waals surface area contributed by atoms with Crippen molar-refractivity contribution in [1.29, 1.82) is 0 Å². The lowest BCUT2D eigenvalue weighted by Crippen LogP contribution is -2.44. The molecule has 1 aliphatic rings. The molecule has 0 spiro atoms. The first kappa shape index (κ1) is 20.4. The number of hydrogen-bond donors (Lipinski definition) is 1. The lowest BCUT2D eigenvalue weighted by Gasteiger charge is -2.26. The van der Waals surface area contributed by atoms with Crippen molar-refractivity contribution in [1.82, 2.24) is 25.2 Å². The van der Waals surface area contributed by atoms with Gasteiger partial charge in [-0.3, -0.25) is 14.9 Å². The van der Waals surface area contributed by atoms with Crippen LogP contribution in [0.2, 0.25) is 0 Å². The highest BCUT2D eigenvalue weighted by molar-refractivity contribution is 5.77. The zero-order chi connectivity index (χ0) is 21.6. The number of hydrogen-bond acceptors (Lipinski definition) is 8. The van der Waals surface area contributed by atoms with Crippen molar-refractivity contribution in [2.75, 3.05) is 39.3 Å². The predicted octanol–water partition coefficient (Wildman–Crippen LogP) is 3.15. The Kier molecular flexibility index (Phi) is 6.23. The van der Waals surface area contributed by atoms with Crippen molar-refractivity contribution in [3.63, 3.8) is 0 Å². The minimum Gasteiger partial charge on any atom is -0.491 e. The normalized spacial score (nSPS) is 14.5. The highest BCUT2D eigenvalue weighted by Crippen LogP contribution is 2.26. The Balaban J connectivity index is 1.14. The van der Waals surface area contributed by atoms with E-state index in [1.807, 2.05) is 42.5 Å². The van der Waals surface area contributed by atoms with Crippen LogP contribution in [0.1, 0.15) is 5.69 Å². The molecule has 5 rings (SSSR count). The quantitative estimate of drug-likeness (QED) is 0.455. The van der Waals surface area contributed by atoms with E-state index in [4.69, 9.17) is 13.9 Å². The van der Waals surface area contributed by atoms with Crippen molar-refractivity contribution in [3.05, 3.63) is 66.7 Å². The van der Waals surface area contributed by atoms with Gasteiger partial charge in [0.1, 0.15) is 30.2 Å². The zero-order valence-electron chi connectivity index (χ0n) is 17.7. The third-order valence-corrected chi connectivity index (χ3v) is 5.34. The molecule has 8 heteroatoms. The van der Waals surface area contributed by atoms with E-state index in [-0.39, 0.29) is 0 Å². The van der Waals surface area contributed by atoms with E-state index in [1.54, 1.807) is 18.6 Å². The van der Waals surface area contributed by atoms with E-state index < -0.39 is 0 Å². The molecule has 4 heterocycles. The molecule has 0 unspecified atom stereocenters. The van der Waals surface area contributed by atoms with Crippen LogP contribution in [-0.4, -0.2) is 59.2 Å². The van der Waals surface area contributed by atoms with E-state index in [0.717, 1.165) is 55.2 Å². The molecule has 1 fully saturated rings. The number of aromatic nitrogens is 3. The minimum atomic E-state index is 0.361. The SMILES string of the molecule is c1cncc(-c2nc3cc(OCc4ccc(OCCN5CCNCC5)cn4)ccc3o2)c1. The second-order valence-corrected chi connectivity index (χ2v) is 7.60. The number of oxazole rings is 1. The number of rotatable bonds is 8. The van der Waals surface area contributed by atoms with Crippen LogP contribution in [0.4, 0.5) is 0 Å². The van der Waals surface area contributed by atoms with Gasteiger partial charge in [-0.25, -0.2) is 4.98 Å². The number of fused-ring (bicyclic) bond motifs is 1. The van der Waals surface area contributed by atoms with E-state index in [1.165, 1.54) is 0 Å². The fraction of sp³-hybridized carbons (Fsp3) is 0.292. The van der Waals surface area contributed by atoms with Crippen LogP contribution in [0.15, 0.2) is 65.5 Å². The van der Waals surface area contributed by atoms with Crippen LogP contribution < -0.4 is 14.8 Å². The van der Waals surface area contributed by atoms with E-state index in [2.05, 4.69) is 25.2 Å². The van der Waals surface area contributed by atoms with Gasteiger partial charge in [-0.1, -0.05) is 0 Å². The summed E-state index contributed by atoms with van der Waals surface area (Å²) in [5.74, 6) is 2.02. The summed E-state index contributed by atoms with van der Waals surface area (Å²) in [6, 6.07) is 13.2. The first-order valence-corrected chi connectivity index (χ1v) is 10.8. The second kappa shape index (κ2) is 9.76. The Morgan fingerprint density at radius 1 is 1.00 bits per heavy atom. The second-order valence-electron chi connectivity index (χ2n) is 7.60. The van der Waals surface area contributed by atoms with Crippen molar-refractivity contribution in [2.45, 2.75) is 6.61 Å². The zero-order valence-corrected chi connectivity index (χ0v) is 17.7. The Hall–Kier alpha value is -3.49. The molecule has 1 saturated heterocycles. The fourth-order valence-electron chi connectivity index (χ4n) is 3.58. The molecule has 3 aromatic heterocycles. The minimum absolute atomic E-state index is 0.361. The molecule has 0 saturated carbocycles. The molecule has 32 heavy (non-hydrogen) atoms. The van der Waals surface area contributed by atoms with Gasteiger partial charge in [-0.15, -0.1) is 0 Å². The number of pyridine rings is 2. The molecular weight excluding hydrogens is 406 g/mol. The summed E-state index contributed by atoms with van der Waals surface area (Å²) < 4.78 is 17.5. The van der Waals surface area contributed by atoms with Gasteiger partial charge in [-0.05, 0) is 36.4 Å². The molecule has 0 aliphatic carbocycles. The van der Waals surface area contributed by atoms with Gasteiger partial charge in [0.25, 0.3) is 0 Å². The van der Waals surface area contributed by atoms with E-state index in [9.17, 15) is 0 Å². The Labute approximate surface area is 186 Å². The van der Waals surface area contributed by atoms with Crippen LogP contribution in [-0.2, 0) is 6.61 Å². The maximum atomic E-state index is 5.91. The summed E-state index contributed by atoms with van der Waals surface area (Å²) >= 11 is 0. The predicted molar refractivity (Wildman–Crippen MR) is 121 cm³/mol. The van der Waals surface area contributed by atoms with Crippen LogP contribution >= 0.6 is 0 Å². The topological polar surface area (TPSA) is 85.5 Å². The van der Waals surface area contributed by atoms with Gasteiger partial charge >= 0.3 is 0 Å². The number of benzene rings is 1. The van der Waals surface area contributed by atoms with Crippen molar-refractivity contribution >= 4 is 11.1 Å². The van der Waals surface area contributed by atoms with Crippen LogP contribution in [0.3, 0.4) is 0 Å². The third kappa shape index (κ3) is 5.04. The Bertz CT molecular complexity index is 1140. The third-order valence-electron chi connectivity index (χ3n) is 5.34. The smallest absolute Gasteiger partial charge is 0.228 e. The molecule has 164 valence electrons. The Morgan fingerprint density at radius 2 is 1.91 bits per heavy atom. The van der Waals surface area contributed by atoms with E-state index in [0.29, 0.717) is 30.4 Å². The maximum Gasteiger partial charge on any atom is 0.228 e. The summed E-state index contributed by atoms with van der Waals surface area (Å²) in [6.45, 7) is 6.19. The first-order valence-electron chi connectivity index (χ1n) is 10.8. The fourth-order valence-corrected chi connectivity index (χ4v) is 3.58. The number of ether oxygens (including phenoxy) is 2. The van der Waals surface area contributed by atoms with Crippen LogP contribution in [0.25, 0.3) is 22.6 Å². The highest BCUT2D eigenvalue weighted by Gasteiger charge is 2.10. The number of nitrogens with one attached hydrogen (secondary N) is 1. The monoisotopic (exact) mass is 431 g/mol. The summed E-state index contributed by atoms with van der Waals surface area (Å²) in [5, 5.41) is 3.35. The largest absolute Gasteiger partial charge is 0.491 e. The molecule has 1 aliphatic heterocycles. The van der Waals surface area contributed by atoms with Crippen LogP contribution in [0.5, 0.6) is 11.5 Å². The summed E-state index contributed by atoms with van der Waals surface area (Å²) in [6.07, 6.45) is 5.20. The van der Waals surface area contributed by atoms with Gasteiger partial charge in [0, 0.05) is 51.2 Å².